The summed E-state index contributed by atoms with van der Waals surface area (Å²) in [6, 6.07) is 15.9. The summed E-state index contributed by atoms with van der Waals surface area (Å²) >= 11 is 0. The van der Waals surface area contributed by atoms with Gasteiger partial charge >= 0.3 is 0 Å². The zero-order valence-corrected chi connectivity index (χ0v) is 12.8. The van der Waals surface area contributed by atoms with E-state index in [4.69, 9.17) is 0 Å². The molecule has 2 aromatic rings. The third-order valence-electron chi connectivity index (χ3n) is 3.44. The fraction of sp³-hybridized carbons (Fsp3) is 0.278. The van der Waals surface area contributed by atoms with Crippen molar-refractivity contribution < 1.29 is 9.18 Å². The Hall–Kier alpha value is -2.20. The maximum Gasteiger partial charge on any atom is 0.238 e. The van der Waals surface area contributed by atoms with E-state index >= 15 is 0 Å². The van der Waals surface area contributed by atoms with Crippen molar-refractivity contribution in [2.75, 3.05) is 11.9 Å². The summed E-state index contributed by atoms with van der Waals surface area (Å²) in [5.41, 5.74) is 1.75. The lowest BCUT2D eigenvalue weighted by Gasteiger charge is -2.22. The number of hydrogen-bond acceptors (Lipinski definition) is 2. The molecule has 0 bridgehead atoms. The summed E-state index contributed by atoms with van der Waals surface area (Å²) in [7, 11) is 0. The van der Waals surface area contributed by atoms with E-state index < -0.39 is 0 Å². The van der Waals surface area contributed by atoms with Crippen LogP contribution in [0.2, 0.25) is 0 Å². The van der Waals surface area contributed by atoms with Crippen molar-refractivity contribution in [3.05, 3.63) is 66.0 Å². The number of rotatable bonds is 6. The summed E-state index contributed by atoms with van der Waals surface area (Å²) < 4.78 is 12.8. The van der Waals surface area contributed by atoms with Crippen LogP contribution in [0.15, 0.2) is 54.6 Å². The van der Waals surface area contributed by atoms with E-state index in [9.17, 15) is 9.18 Å². The van der Waals surface area contributed by atoms with Gasteiger partial charge in [0.15, 0.2) is 0 Å². The Labute approximate surface area is 130 Å². The fourth-order valence-electron chi connectivity index (χ4n) is 2.34. The normalized spacial score (nSPS) is 12.2. The van der Waals surface area contributed by atoms with Gasteiger partial charge < -0.3 is 10.6 Å². The fourth-order valence-corrected chi connectivity index (χ4v) is 2.34. The molecule has 0 heterocycles. The number of nitrogens with one attached hydrogen (secondary N) is 2. The molecular formula is C18H21FN2O. The van der Waals surface area contributed by atoms with Crippen molar-refractivity contribution in [1.82, 2.24) is 5.32 Å². The van der Waals surface area contributed by atoms with Crippen molar-refractivity contribution in [1.29, 1.82) is 0 Å². The van der Waals surface area contributed by atoms with Crippen LogP contribution in [0.25, 0.3) is 0 Å². The number of benzene rings is 2. The standard InChI is InChI=1S/C18H21FN2O/c1-13(2)18(14-6-4-3-5-7-14)20-12-17(22)21-16-10-8-15(19)9-11-16/h3-11,13,18,20H,12H2,1-2H3,(H,21,22)/t18-/m0/s1. The van der Waals surface area contributed by atoms with E-state index in [-0.39, 0.29) is 24.3 Å². The minimum absolute atomic E-state index is 0.111. The molecule has 22 heavy (non-hydrogen) atoms. The lowest BCUT2D eigenvalue weighted by atomic mass is 9.96. The summed E-state index contributed by atoms with van der Waals surface area (Å²) in [5, 5.41) is 6.03. The van der Waals surface area contributed by atoms with Crippen molar-refractivity contribution in [3.63, 3.8) is 0 Å². The molecule has 0 saturated heterocycles. The Morgan fingerprint density at radius 1 is 1.05 bits per heavy atom. The molecule has 0 saturated carbocycles. The van der Waals surface area contributed by atoms with E-state index in [0.29, 0.717) is 11.6 Å². The second kappa shape index (κ2) is 7.71. The lowest BCUT2D eigenvalue weighted by Crippen LogP contribution is -2.33. The number of hydrogen-bond donors (Lipinski definition) is 2. The Morgan fingerprint density at radius 2 is 1.68 bits per heavy atom. The first kappa shape index (κ1) is 16.2. The van der Waals surface area contributed by atoms with Crippen LogP contribution in [0, 0.1) is 11.7 Å². The van der Waals surface area contributed by atoms with Gasteiger partial charge in [-0.15, -0.1) is 0 Å². The summed E-state index contributed by atoms with van der Waals surface area (Å²) in [6.07, 6.45) is 0. The van der Waals surface area contributed by atoms with Gasteiger partial charge in [0.25, 0.3) is 0 Å². The summed E-state index contributed by atoms with van der Waals surface area (Å²) in [4.78, 5) is 12.0. The zero-order valence-electron chi connectivity index (χ0n) is 12.8. The molecule has 0 radical (unpaired) electrons. The molecule has 2 rings (SSSR count). The lowest BCUT2D eigenvalue weighted by molar-refractivity contribution is -0.115. The van der Waals surface area contributed by atoms with E-state index in [1.165, 1.54) is 12.1 Å². The van der Waals surface area contributed by atoms with E-state index in [1.807, 2.05) is 18.2 Å². The molecule has 2 aromatic carbocycles. The van der Waals surface area contributed by atoms with Crippen molar-refractivity contribution >= 4 is 11.6 Å². The monoisotopic (exact) mass is 300 g/mol. The number of carbonyl (C=O) groups is 1. The van der Waals surface area contributed by atoms with Crippen LogP contribution < -0.4 is 10.6 Å². The molecule has 0 fully saturated rings. The molecule has 1 amide bonds. The molecular weight excluding hydrogens is 279 g/mol. The number of carbonyl (C=O) groups excluding carboxylic acids is 1. The van der Waals surface area contributed by atoms with Crippen molar-refractivity contribution in [3.8, 4) is 0 Å². The first-order chi connectivity index (χ1) is 10.6. The Bertz CT molecular complexity index is 596. The molecule has 0 aliphatic rings. The van der Waals surface area contributed by atoms with Crippen LogP contribution in [-0.2, 0) is 4.79 Å². The molecule has 4 heteroatoms. The topological polar surface area (TPSA) is 41.1 Å². The molecule has 0 aromatic heterocycles. The zero-order chi connectivity index (χ0) is 15.9. The van der Waals surface area contributed by atoms with E-state index in [0.717, 1.165) is 5.56 Å². The highest BCUT2D eigenvalue weighted by Crippen LogP contribution is 2.20. The maximum atomic E-state index is 12.8. The highest BCUT2D eigenvalue weighted by Gasteiger charge is 2.16. The number of amides is 1. The summed E-state index contributed by atoms with van der Waals surface area (Å²) in [5.74, 6) is -0.103. The van der Waals surface area contributed by atoms with Crippen molar-refractivity contribution in [2.45, 2.75) is 19.9 Å². The first-order valence-corrected chi connectivity index (χ1v) is 7.40. The molecule has 0 aliphatic carbocycles. The predicted molar refractivity (Wildman–Crippen MR) is 87.1 cm³/mol. The molecule has 2 N–H and O–H groups in total. The van der Waals surface area contributed by atoms with E-state index in [2.05, 4.69) is 36.6 Å². The molecule has 3 nitrogen and oxygen atoms in total. The third kappa shape index (κ3) is 4.67. The Morgan fingerprint density at radius 3 is 2.27 bits per heavy atom. The third-order valence-corrected chi connectivity index (χ3v) is 3.44. The van der Waals surface area contributed by atoms with Crippen LogP contribution in [0.4, 0.5) is 10.1 Å². The van der Waals surface area contributed by atoms with Crippen LogP contribution in [0.3, 0.4) is 0 Å². The average molecular weight is 300 g/mol. The van der Waals surface area contributed by atoms with Crippen molar-refractivity contribution in [2.24, 2.45) is 5.92 Å². The number of halogens is 1. The maximum absolute atomic E-state index is 12.8. The largest absolute Gasteiger partial charge is 0.325 e. The summed E-state index contributed by atoms with van der Waals surface area (Å²) in [6.45, 7) is 4.43. The van der Waals surface area contributed by atoms with E-state index in [1.54, 1.807) is 12.1 Å². The first-order valence-electron chi connectivity index (χ1n) is 7.40. The quantitative estimate of drug-likeness (QED) is 0.853. The minimum Gasteiger partial charge on any atom is -0.325 e. The SMILES string of the molecule is CC(C)[C@H](NCC(=O)Nc1ccc(F)cc1)c1ccccc1. The van der Waals surface area contributed by atoms with Gasteiger partial charge in [0, 0.05) is 11.7 Å². The number of anilines is 1. The van der Waals surface area contributed by atoms with Gasteiger partial charge in [0.05, 0.1) is 6.54 Å². The second-order valence-corrected chi connectivity index (χ2v) is 5.57. The van der Waals surface area contributed by atoms with Crippen LogP contribution in [0.1, 0.15) is 25.5 Å². The predicted octanol–water partition coefficient (Wildman–Crippen LogP) is 3.75. The highest BCUT2D eigenvalue weighted by atomic mass is 19.1. The van der Waals surface area contributed by atoms with Gasteiger partial charge in [0.2, 0.25) is 5.91 Å². The molecule has 0 unspecified atom stereocenters. The van der Waals surface area contributed by atoms with Crippen LogP contribution in [0.5, 0.6) is 0 Å². The van der Waals surface area contributed by atoms with Gasteiger partial charge in [-0.3, -0.25) is 4.79 Å². The van der Waals surface area contributed by atoms with Gasteiger partial charge in [-0.2, -0.15) is 0 Å². The molecule has 1 atom stereocenters. The second-order valence-electron chi connectivity index (χ2n) is 5.57. The molecule has 0 spiro atoms. The van der Waals surface area contributed by atoms with Gasteiger partial charge in [-0.05, 0) is 35.7 Å². The van der Waals surface area contributed by atoms with Crippen LogP contribution in [-0.4, -0.2) is 12.5 Å². The Kier molecular flexibility index (Phi) is 5.67. The minimum atomic E-state index is -0.319. The van der Waals surface area contributed by atoms with Crippen LogP contribution >= 0.6 is 0 Å². The van der Waals surface area contributed by atoms with Gasteiger partial charge in [0.1, 0.15) is 5.82 Å². The highest BCUT2D eigenvalue weighted by molar-refractivity contribution is 5.92. The Balaban J connectivity index is 1.92. The molecule has 0 aliphatic heterocycles. The smallest absolute Gasteiger partial charge is 0.238 e. The van der Waals surface area contributed by atoms with Gasteiger partial charge in [-0.25, -0.2) is 4.39 Å². The van der Waals surface area contributed by atoms with Gasteiger partial charge in [-0.1, -0.05) is 44.2 Å². The molecule has 116 valence electrons. The average Bonchev–Trinajstić information content (AvgIpc) is 2.50.